The molecule has 0 saturated carbocycles. The summed E-state index contributed by atoms with van der Waals surface area (Å²) in [6, 6.07) is 6.96. The quantitative estimate of drug-likeness (QED) is 0.727. The molecule has 2 heterocycles. The Bertz CT molecular complexity index is 734. The molecule has 1 aliphatic rings. The van der Waals surface area contributed by atoms with E-state index in [1.807, 2.05) is 0 Å². The van der Waals surface area contributed by atoms with E-state index in [-0.39, 0.29) is 24.7 Å². The summed E-state index contributed by atoms with van der Waals surface area (Å²) in [5, 5.41) is 0. The number of methoxy groups -OCH3 is 1. The molecule has 0 aliphatic carbocycles. The smallest absolute Gasteiger partial charge is 0.423 e. The molecule has 0 bridgehead atoms. The Kier molecular flexibility index (Phi) is 2.74. The normalized spacial score (nSPS) is 15.2. The van der Waals surface area contributed by atoms with Gasteiger partial charge in [-0.2, -0.15) is 4.90 Å². The summed E-state index contributed by atoms with van der Waals surface area (Å²) < 4.78 is 5.89. The molecule has 0 atom stereocenters. The summed E-state index contributed by atoms with van der Waals surface area (Å²) in [7, 11) is 1.18. The second-order valence-corrected chi connectivity index (χ2v) is 4.33. The number of aromatic nitrogens is 2. The fourth-order valence-electron chi connectivity index (χ4n) is 2.23. The summed E-state index contributed by atoms with van der Waals surface area (Å²) in [6.07, 6.45) is -0.869. The Hall–Kier alpha value is -2.70. The lowest BCUT2D eigenvalue weighted by Crippen LogP contribution is -2.37. The number of imide groups is 1. The van der Waals surface area contributed by atoms with E-state index >= 15 is 0 Å². The minimum atomic E-state index is -0.846. The zero-order valence-corrected chi connectivity index (χ0v) is 10.7. The Morgan fingerprint density at radius 2 is 1.90 bits per heavy atom. The highest BCUT2D eigenvalue weighted by atomic mass is 16.5. The van der Waals surface area contributed by atoms with Crippen LogP contribution < -0.4 is 4.90 Å². The van der Waals surface area contributed by atoms with Crippen LogP contribution in [0.4, 0.5) is 10.7 Å². The van der Waals surface area contributed by atoms with E-state index < -0.39 is 12.0 Å². The number of amides is 2. The number of fused-ring (bicyclic) bond motifs is 3. The summed E-state index contributed by atoms with van der Waals surface area (Å²) in [6.45, 7) is 0. The number of benzene rings is 1. The second kappa shape index (κ2) is 4.44. The van der Waals surface area contributed by atoms with Crippen LogP contribution in [0.3, 0.4) is 0 Å². The first-order valence-corrected chi connectivity index (χ1v) is 6.05. The van der Waals surface area contributed by atoms with Crippen LogP contribution in [-0.2, 0) is 9.53 Å². The molecule has 20 heavy (non-hydrogen) atoms. The van der Waals surface area contributed by atoms with Crippen molar-refractivity contribution in [2.24, 2.45) is 0 Å². The van der Waals surface area contributed by atoms with Gasteiger partial charge in [-0.05, 0) is 12.1 Å². The summed E-state index contributed by atoms with van der Waals surface area (Å²) in [4.78, 5) is 41.0. The number of rotatable bonds is 0. The second-order valence-electron chi connectivity index (χ2n) is 4.33. The van der Waals surface area contributed by atoms with Gasteiger partial charge in [-0.25, -0.2) is 14.3 Å². The van der Waals surface area contributed by atoms with Gasteiger partial charge in [0.05, 0.1) is 18.1 Å². The average Bonchev–Trinajstić information content (AvgIpc) is 2.78. The zero-order chi connectivity index (χ0) is 14.3. The van der Waals surface area contributed by atoms with E-state index in [0.717, 1.165) is 4.90 Å². The molecule has 1 aliphatic heterocycles. The van der Waals surface area contributed by atoms with Crippen LogP contribution in [-0.4, -0.2) is 34.6 Å². The molecule has 0 unspecified atom stereocenters. The molecule has 2 aromatic rings. The monoisotopic (exact) mass is 273 g/mol. The van der Waals surface area contributed by atoms with Crippen LogP contribution in [0.5, 0.6) is 0 Å². The highest BCUT2D eigenvalue weighted by Crippen LogP contribution is 2.27. The Labute approximate surface area is 113 Å². The molecular formula is C13H11N3O4. The molecule has 7 heteroatoms. The maximum atomic E-state index is 12.2. The first-order chi connectivity index (χ1) is 9.63. The van der Waals surface area contributed by atoms with Crippen molar-refractivity contribution in [3.63, 3.8) is 0 Å². The molecule has 0 radical (unpaired) electrons. The van der Waals surface area contributed by atoms with E-state index in [9.17, 15) is 14.4 Å². The Morgan fingerprint density at radius 3 is 2.65 bits per heavy atom. The van der Waals surface area contributed by atoms with Crippen molar-refractivity contribution in [1.29, 1.82) is 0 Å². The van der Waals surface area contributed by atoms with Crippen molar-refractivity contribution in [3.8, 4) is 0 Å². The third-order valence-electron chi connectivity index (χ3n) is 3.15. The van der Waals surface area contributed by atoms with Crippen LogP contribution in [0.2, 0.25) is 0 Å². The molecule has 7 nitrogen and oxygen atoms in total. The van der Waals surface area contributed by atoms with Gasteiger partial charge in [-0.1, -0.05) is 12.1 Å². The number of ether oxygens (including phenoxy) is 1. The number of imidazole rings is 1. The largest absolute Gasteiger partial charge is 0.452 e. The molecule has 0 spiro atoms. The Morgan fingerprint density at radius 1 is 1.20 bits per heavy atom. The highest BCUT2D eigenvalue weighted by molar-refractivity contribution is 6.15. The van der Waals surface area contributed by atoms with Crippen molar-refractivity contribution in [3.05, 3.63) is 24.3 Å². The summed E-state index contributed by atoms with van der Waals surface area (Å²) in [5.74, 6) is -0.779. The van der Waals surface area contributed by atoms with E-state index in [1.54, 1.807) is 24.3 Å². The van der Waals surface area contributed by atoms with Crippen LogP contribution in [0.15, 0.2) is 24.3 Å². The van der Waals surface area contributed by atoms with Gasteiger partial charge in [0, 0.05) is 12.8 Å². The van der Waals surface area contributed by atoms with Gasteiger partial charge in [-0.15, -0.1) is 0 Å². The molecule has 0 fully saturated rings. The fourth-order valence-corrected chi connectivity index (χ4v) is 2.23. The summed E-state index contributed by atoms with van der Waals surface area (Å²) >= 11 is 0. The number of anilines is 1. The predicted octanol–water partition coefficient (Wildman–Crippen LogP) is 1.57. The maximum Gasteiger partial charge on any atom is 0.423 e. The maximum absolute atomic E-state index is 12.2. The van der Waals surface area contributed by atoms with Gasteiger partial charge in [0.2, 0.25) is 17.8 Å². The first kappa shape index (κ1) is 12.3. The SMILES string of the molecule is COC(=O)N1C(=O)CCC(=O)n2c1nc1ccccc12. The predicted molar refractivity (Wildman–Crippen MR) is 69.5 cm³/mol. The van der Waals surface area contributed by atoms with Crippen LogP contribution >= 0.6 is 0 Å². The molecule has 0 saturated heterocycles. The van der Waals surface area contributed by atoms with Gasteiger partial charge in [0.1, 0.15) is 0 Å². The van der Waals surface area contributed by atoms with Crippen molar-refractivity contribution in [2.45, 2.75) is 12.8 Å². The topological polar surface area (TPSA) is 81.5 Å². The molecule has 1 aromatic heterocycles. The van der Waals surface area contributed by atoms with E-state index in [2.05, 4.69) is 9.72 Å². The molecular weight excluding hydrogens is 262 g/mol. The number of para-hydroxylation sites is 2. The number of carbonyl (C=O) groups is 3. The van der Waals surface area contributed by atoms with Crippen molar-refractivity contribution in [2.75, 3.05) is 12.0 Å². The minimum Gasteiger partial charge on any atom is -0.452 e. The van der Waals surface area contributed by atoms with Crippen molar-refractivity contribution in [1.82, 2.24) is 9.55 Å². The number of hydrogen-bond donors (Lipinski definition) is 0. The Balaban J connectivity index is 2.30. The van der Waals surface area contributed by atoms with Gasteiger partial charge in [-0.3, -0.25) is 9.59 Å². The summed E-state index contributed by atoms with van der Waals surface area (Å²) in [5.41, 5.74) is 1.11. The minimum absolute atomic E-state index is 0.00875. The van der Waals surface area contributed by atoms with Crippen LogP contribution in [0.25, 0.3) is 11.0 Å². The number of hydrogen-bond acceptors (Lipinski definition) is 5. The van der Waals surface area contributed by atoms with Gasteiger partial charge in [0.25, 0.3) is 0 Å². The van der Waals surface area contributed by atoms with Gasteiger partial charge >= 0.3 is 6.09 Å². The van der Waals surface area contributed by atoms with Crippen molar-refractivity contribution < 1.29 is 19.1 Å². The van der Waals surface area contributed by atoms with Crippen molar-refractivity contribution >= 4 is 34.9 Å². The average molecular weight is 273 g/mol. The van der Waals surface area contributed by atoms with E-state index in [4.69, 9.17) is 0 Å². The molecule has 2 amide bonds. The number of carbonyl (C=O) groups excluding carboxylic acids is 3. The standard InChI is InChI=1S/C13H11N3O4/c1-20-13(19)16-11(18)7-6-10(17)15-9-5-3-2-4-8(9)14-12(15)16/h2-5H,6-7H2,1H3. The third-order valence-corrected chi connectivity index (χ3v) is 3.15. The molecule has 102 valence electrons. The lowest BCUT2D eigenvalue weighted by Gasteiger charge is -2.15. The lowest BCUT2D eigenvalue weighted by atomic mass is 10.2. The lowest BCUT2D eigenvalue weighted by molar-refractivity contribution is -0.118. The molecule has 0 N–H and O–H groups in total. The van der Waals surface area contributed by atoms with Crippen LogP contribution in [0.1, 0.15) is 17.6 Å². The third kappa shape index (κ3) is 1.67. The van der Waals surface area contributed by atoms with Gasteiger partial charge in [0.15, 0.2) is 0 Å². The molecule has 1 aromatic carbocycles. The first-order valence-electron chi connectivity index (χ1n) is 6.05. The van der Waals surface area contributed by atoms with Crippen LogP contribution in [0, 0.1) is 0 Å². The highest BCUT2D eigenvalue weighted by Gasteiger charge is 2.34. The fraction of sp³-hybridized carbons (Fsp3) is 0.231. The number of nitrogens with zero attached hydrogens (tertiary/aromatic N) is 3. The molecule has 3 rings (SSSR count). The zero-order valence-electron chi connectivity index (χ0n) is 10.7. The van der Waals surface area contributed by atoms with Gasteiger partial charge < -0.3 is 4.74 Å². The van der Waals surface area contributed by atoms with E-state index in [0.29, 0.717) is 11.0 Å². The van der Waals surface area contributed by atoms with E-state index in [1.165, 1.54) is 11.7 Å².